The van der Waals surface area contributed by atoms with Crippen LogP contribution in [-0.2, 0) is 0 Å². The number of piperazine rings is 1. The van der Waals surface area contributed by atoms with Gasteiger partial charge in [-0.2, -0.15) is 0 Å². The summed E-state index contributed by atoms with van der Waals surface area (Å²) in [4.78, 5) is 6.87. The van der Waals surface area contributed by atoms with Gasteiger partial charge in [0.25, 0.3) is 0 Å². The first-order chi connectivity index (χ1) is 7.76. The molecule has 0 aromatic heterocycles. The van der Waals surface area contributed by atoms with E-state index in [9.17, 15) is 0 Å². The van der Waals surface area contributed by atoms with Crippen molar-refractivity contribution < 1.29 is 0 Å². The maximum absolute atomic E-state index is 4.40. The van der Waals surface area contributed by atoms with Crippen LogP contribution in [0.15, 0.2) is 28.4 Å². The lowest BCUT2D eigenvalue weighted by molar-refractivity contribution is 0.262. The Bertz CT molecular complexity index is 284. The van der Waals surface area contributed by atoms with E-state index in [0.717, 1.165) is 38.4 Å². The molecule has 0 aromatic carbocycles. The van der Waals surface area contributed by atoms with Gasteiger partial charge in [0.15, 0.2) is 0 Å². The number of nitrogens with one attached hydrogen (secondary N) is 1. The van der Waals surface area contributed by atoms with Crippen molar-refractivity contribution in [3.63, 3.8) is 0 Å². The van der Waals surface area contributed by atoms with Crippen LogP contribution < -0.4 is 5.32 Å². The Morgan fingerprint density at radius 1 is 1.25 bits per heavy atom. The average Bonchev–Trinajstić information content (AvgIpc) is 2.35. The van der Waals surface area contributed by atoms with Gasteiger partial charge in [-0.15, -0.1) is 0 Å². The fourth-order valence-electron chi connectivity index (χ4n) is 1.59. The van der Waals surface area contributed by atoms with E-state index in [1.165, 1.54) is 5.57 Å². The summed E-state index contributed by atoms with van der Waals surface area (Å²) in [6, 6.07) is 0. The van der Waals surface area contributed by atoms with Crippen molar-refractivity contribution in [2.24, 2.45) is 4.99 Å². The van der Waals surface area contributed by atoms with Crippen LogP contribution in [0, 0.1) is 0 Å². The molecule has 0 unspecified atom stereocenters. The molecule has 1 fully saturated rings. The van der Waals surface area contributed by atoms with E-state index in [1.807, 2.05) is 26.1 Å². The Balaban J connectivity index is 2.45. The lowest BCUT2D eigenvalue weighted by Gasteiger charge is -2.27. The largest absolute Gasteiger partial charge is 0.314 e. The van der Waals surface area contributed by atoms with Crippen molar-refractivity contribution in [2.45, 2.75) is 20.8 Å². The third-order valence-corrected chi connectivity index (χ3v) is 2.84. The third kappa shape index (κ3) is 4.73. The molecule has 1 heterocycles. The van der Waals surface area contributed by atoms with Gasteiger partial charge in [-0.05, 0) is 26.3 Å². The fourth-order valence-corrected chi connectivity index (χ4v) is 1.59. The van der Waals surface area contributed by atoms with Crippen LogP contribution in [0.2, 0.25) is 0 Å². The first kappa shape index (κ1) is 13.1. The summed E-state index contributed by atoms with van der Waals surface area (Å²) < 4.78 is 0. The van der Waals surface area contributed by atoms with Gasteiger partial charge < -0.3 is 5.32 Å². The van der Waals surface area contributed by atoms with E-state index >= 15 is 0 Å². The Morgan fingerprint density at radius 2 is 1.94 bits per heavy atom. The number of rotatable bonds is 4. The lowest BCUT2D eigenvalue weighted by atomic mass is 10.2. The highest BCUT2D eigenvalue weighted by atomic mass is 15.2. The minimum absolute atomic E-state index is 1.01. The Morgan fingerprint density at radius 3 is 2.50 bits per heavy atom. The van der Waals surface area contributed by atoms with E-state index < -0.39 is 0 Å². The molecule has 1 aliphatic rings. The van der Waals surface area contributed by atoms with Crippen molar-refractivity contribution in [2.75, 3.05) is 32.7 Å². The second kappa shape index (κ2) is 7.36. The van der Waals surface area contributed by atoms with Crippen LogP contribution >= 0.6 is 0 Å². The molecule has 1 N–H and O–H groups in total. The molecular formula is C13H23N3. The first-order valence-corrected chi connectivity index (χ1v) is 6.01. The van der Waals surface area contributed by atoms with E-state index in [4.69, 9.17) is 0 Å². The highest BCUT2D eigenvalue weighted by Gasteiger charge is 2.09. The van der Waals surface area contributed by atoms with Gasteiger partial charge in [0.2, 0.25) is 0 Å². The molecule has 0 aliphatic carbocycles. The van der Waals surface area contributed by atoms with Crippen molar-refractivity contribution >= 4 is 6.21 Å². The molecule has 0 amide bonds. The summed E-state index contributed by atoms with van der Waals surface area (Å²) in [5, 5.41) is 3.36. The predicted molar refractivity (Wildman–Crippen MR) is 71.0 cm³/mol. The highest BCUT2D eigenvalue weighted by Crippen LogP contribution is 2.01. The number of aliphatic imine (C=N–C) groups is 1. The highest BCUT2D eigenvalue weighted by molar-refractivity contribution is 5.79. The minimum Gasteiger partial charge on any atom is -0.314 e. The first-order valence-electron chi connectivity index (χ1n) is 6.01. The lowest BCUT2D eigenvalue weighted by Crippen LogP contribution is -2.44. The summed E-state index contributed by atoms with van der Waals surface area (Å²) >= 11 is 0. The van der Waals surface area contributed by atoms with Gasteiger partial charge in [0.1, 0.15) is 0 Å². The molecule has 90 valence electrons. The number of allylic oxidation sites excluding steroid dienone is 3. The molecule has 1 saturated heterocycles. The van der Waals surface area contributed by atoms with Crippen LogP contribution in [-0.4, -0.2) is 43.8 Å². The van der Waals surface area contributed by atoms with Crippen molar-refractivity contribution in [3.8, 4) is 0 Å². The molecule has 1 rings (SSSR count). The average molecular weight is 221 g/mol. The van der Waals surface area contributed by atoms with Crippen molar-refractivity contribution in [3.05, 3.63) is 23.4 Å². The smallest absolute Gasteiger partial charge is 0.0330 e. The topological polar surface area (TPSA) is 27.6 Å². The van der Waals surface area contributed by atoms with Gasteiger partial charge in [-0.25, -0.2) is 0 Å². The summed E-state index contributed by atoms with van der Waals surface area (Å²) in [5.74, 6) is 0. The zero-order valence-electron chi connectivity index (χ0n) is 10.7. The summed E-state index contributed by atoms with van der Waals surface area (Å²) in [6.07, 6.45) is 6.15. The van der Waals surface area contributed by atoms with Gasteiger partial charge in [-0.3, -0.25) is 9.89 Å². The molecule has 0 radical (unpaired) electrons. The Kier molecular flexibility index (Phi) is 6.04. The fraction of sp³-hybridized carbons (Fsp3) is 0.615. The second-order valence-electron chi connectivity index (χ2n) is 4.08. The van der Waals surface area contributed by atoms with Gasteiger partial charge in [0.05, 0.1) is 0 Å². The van der Waals surface area contributed by atoms with Crippen LogP contribution in [0.3, 0.4) is 0 Å². The van der Waals surface area contributed by atoms with Gasteiger partial charge in [0, 0.05) is 44.6 Å². The zero-order valence-corrected chi connectivity index (χ0v) is 10.7. The molecule has 3 nitrogen and oxygen atoms in total. The Labute approximate surface area is 98.9 Å². The van der Waals surface area contributed by atoms with Crippen LogP contribution in [0.4, 0.5) is 0 Å². The van der Waals surface area contributed by atoms with Crippen LogP contribution in [0.25, 0.3) is 0 Å². The van der Waals surface area contributed by atoms with Crippen LogP contribution in [0.5, 0.6) is 0 Å². The SMILES string of the molecule is C\C=C(/C=N\C(C)=C/C)CN1CCNCC1. The summed E-state index contributed by atoms with van der Waals surface area (Å²) in [6.45, 7) is 11.6. The maximum Gasteiger partial charge on any atom is 0.0330 e. The molecule has 0 spiro atoms. The summed E-state index contributed by atoms with van der Waals surface area (Å²) in [7, 11) is 0. The van der Waals surface area contributed by atoms with Gasteiger partial charge in [-0.1, -0.05) is 12.2 Å². The Hall–Kier alpha value is -0.930. The van der Waals surface area contributed by atoms with E-state index in [0.29, 0.717) is 0 Å². The molecule has 0 atom stereocenters. The molecule has 1 aliphatic heterocycles. The standard InChI is InChI=1S/C13H23N3/c1-4-12(3)15-10-13(5-2)11-16-8-6-14-7-9-16/h4-5,10,14H,6-9,11H2,1-3H3/b12-4-,13-5+,15-10-. The van der Waals surface area contributed by atoms with Crippen LogP contribution in [0.1, 0.15) is 20.8 Å². The van der Waals surface area contributed by atoms with Gasteiger partial charge >= 0.3 is 0 Å². The normalized spacial score (nSPS) is 20.7. The number of hydrogen-bond acceptors (Lipinski definition) is 3. The summed E-state index contributed by atoms with van der Waals surface area (Å²) in [5.41, 5.74) is 2.36. The van der Waals surface area contributed by atoms with Crippen molar-refractivity contribution in [1.29, 1.82) is 0 Å². The molecule has 0 saturated carbocycles. The molecule has 3 heteroatoms. The monoisotopic (exact) mass is 221 g/mol. The predicted octanol–water partition coefficient (Wildman–Crippen LogP) is 1.83. The molecule has 16 heavy (non-hydrogen) atoms. The number of hydrogen-bond donors (Lipinski definition) is 1. The number of nitrogens with zero attached hydrogens (tertiary/aromatic N) is 2. The van der Waals surface area contributed by atoms with E-state index in [1.54, 1.807) is 0 Å². The third-order valence-electron chi connectivity index (χ3n) is 2.84. The molecule has 0 aromatic rings. The molecule has 0 bridgehead atoms. The maximum atomic E-state index is 4.40. The quantitative estimate of drug-likeness (QED) is 0.733. The zero-order chi connectivity index (χ0) is 11.8. The molecular weight excluding hydrogens is 198 g/mol. The van der Waals surface area contributed by atoms with Crippen molar-refractivity contribution in [1.82, 2.24) is 10.2 Å². The van der Waals surface area contributed by atoms with E-state index in [2.05, 4.69) is 28.2 Å². The second-order valence-corrected chi connectivity index (χ2v) is 4.08. The van der Waals surface area contributed by atoms with E-state index in [-0.39, 0.29) is 0 Å². The minimum atomic E-state index is 1.01.